The van der Waals surface area contributed by atoms with Crippen molar-refractivity contribution in [2.24, 2.45) is 0 Å². The van der Waals surface area contributed by atoms with Crippen LogP contribution in [0.5, 0.6) is 0 Å². The molecule has 4 nitrogen and oxygen atoms in total. The Bertz CT molecular complexity index is 977. The summed E-state index contributed by atoms with van der Waals surface area (Å²) in [6.45, 7) is 4.55. The van der Waals surface area contributed by atoms with Crippen LogP contribution in [-0.4, -0.2) is 11.8 Å². The van der Waals surface area contributed by atoms with Crippen molar-refractivity contribution >= 4 is 23.2 Å². The van der Waals surface area contributed by atoms with Crippen LogP contribution in [0.25, 0.3) is 0 Å². The Morgan fingerprint density at radius 3 is 0.878 bits per heavy atom. The molecule has 2 aromatic rings. The molecule has 0 fully saturated rings. The highest BCUT2D eigenvalue weighted by atomic mass is 16.2. The zero-order valence-electron chi connectivity index (χ0n) is 31.9. The third-order valence-corrected chi connectivity index (χ3v) is 9.90. The van der Waals surface area contributed by atoms with E-state index in [4.69, 9.17) is 0 Å². The Hall–Kier alpha value is -2.62. The topological polar surface area (TPSA) is 58.2 Å². The van der Waals surface area contributed by atoms with Gasteiger partial charge in [0.15, 0.2) is 0 Å². The van der Waals surface area contributed by atoms with E-state index in [1.165, 1.54) is 152 Å². The lowest BCUT2D eigenvalue weighted by molar-refractivity contribution is -0.117. The van der Waals surface area contributed by atoms with Gasteiger partial charge in [0.05, 0.1) is 0 Å². The first kappa shape index (κ1) is 42.5. The quantitative estimate of drug-likeness (QED) is 0.0759. The van der Waals surface area contributed by atoms with Gasteiger partial charge in [0.1, 0.15) is 0 Å². The molecule has 2 rings (SSSR count). The zero-order chi connectivity index (χ0) is 35.0. The molecule has 0 spiro atoms. The first-order chi connectivity index (χ1) is 24.1. The predicted molar refractivity (Wildman–Crippen MR) is 214 cm³/mol. The highest BCUT2D eigenvalue weighted by Gasteiger charge is 2.06. The minimum absolute atomic E-state index is 0.113. The van der Waals surface area contributed by atoms with Crippen LogP contribution in [0.15, 0.2) is 48.5 Å². The van der Waals surface area contributed by atoms with Gasteiger partial charge in [-0.15, -0.1) is 0 Å². The fourth-order valence-corrected chi connectivity index (χ4v) is 6.70. The maximum absolute atomic E-state index is 12.4. The molecule has 0 saturated carbocycles. The van der Waals surface area contributed by atoms with Crippen molar-refractivity contribution in [2.45, 2.75) is 200 Å². The van der Waals surface area contributed by atoms with E-state index >= 15 is 0 Å². The Labute approximate surface area is 302 Å². The Kier molecular flexibility index (Phi) is 26.2. The number of amides is 2. The normalized spacial score (nSPS) is 11.1. The van der Waals surface area contributed by atoms with Crippen molar-refractivity contribution in [3.05, 3.63) is 59.7 Å². The number of carbonyl (C=O) groups is 2. The first-order valence-electron chi connectivity index (χ1n) is 20.9. The summed E-state index contributed by atoms with van der Waals surface area (Å²) < 4.78 is 0. The Balaban J connectivity index is 1.48. The maximum atomic E-state index is 12.4. The molecular formula is C45H74N2O2. The lowest BCUT2D eigenvalue weighted by Gasteiger charge is -2.09. The molecular weight excluding hydrogens is 601 g/mol. The largest absolute Gasteiger partial charge is 0.326 e. The Morgan fingerprint density at radius 2 is 0.612 bits per heavy atom. The molecule has 0 bridgehead atoms. The van der Waals surface area contributed by atoms with Gasteiger partial charge in [-0.05, 0) is 54.7 Å². The molecule has 49 heavy (non-hydrogen) atoms. The van der Waals surface area contributed by atoms with Crippen LogP contribution in [-0.2, 0) is 16.0 Å². The number of hydrogen-bond donors (Lipinski definition) is 2. The van der Waals surface area contributed by atoms with Crippen LogP contribution < -0.4 is 10.6 Å². The van der Waals surface area contributed by atoms with Crippen LogP contribution in [0.3, 0.4) is 0 Å². The Morgan fingerprint density at radius 1 is 0.367 bits per heavy atom. The van der Waals surface area contributed by atoms with Gasteiger partial charge in [-0.25, -0.2) is 0 Å². The van der Waals surface area contributed by atoms with Crippen LogP contribution >= 0.6 is 0 Å². The van der Waals surface area contributed by atoms with Crippen LogP contribution in [0.2, 0.25) is 0 Å². The maximum Gasteiger partial charge on any atom is 0.224 e. The lowest BCUT2D eigenvalue weighted by Crippen LogP contribution is -2.11. The van der Waals surface area contributed by atoms with E-state index in [-0.39, 0.29) is 11.8 Å². The standard InChI is InChI=1S/C45H74N2O2/c1-3-5-7-9-11-13-15-17-19-21-23-25-27-29-44(48)46-42-35-31-40(32-36-42)39-41-33-37-43(38-34-41)47-45(49)30-28-26-24-22-20-18-16-14-12-10-8-6-4-2/h31-38H,3-30,39H2,1-2H3,(H,46,48)(H,47,49). The molecule has 2 N–H and O–H groups in total. The van der Waals surface area contributed by atoms with Crippen LogP contribution in [0, 0.1) is 0 Å². The molecule has 0 saturated heterocycles. The SMILES string of the molecule is CCCCCCCCCCCCCCCC(=O)Nc1ccc(Cc2ccc(NC(=O)CCCCCCCCCCCCCCC)cc2)cc1. The number of nitrogens with one attached hydrogen (secondary N) is 2. The molecule has 0 aliphatic heterocycles. The van der Waals surface area contributed by atoms with Crippen molar-refractivity contribution < 1.29 is 9.59 Å². The summed E-state index contributed by atoms with van der Waals surface area (Å²) in [4.78, 5) is 24.9. The molecule has 0 unspecified atom stereocenters. The van der Waals surface area contributed by atoms with Crippen molar-refractivity contribution in [2.75, 3.05) is 10.6 Å². The van der Waals surface area contributed by atoms with E-state index in [0.717, 1.165) is 43.5 Å². The van der Waals surface area contributed by atoms with E-state index in [1.807, 2.05) is 24.3 Å². The molecule has 0 atom stereocenters. The molecule has 0 aromatic heterocycles. The molecule has 276 valence electrons. The van der Waals surface area contributed by atoms with Gasteiger partial charge in [-0.1, -0.05) is 192 Å². The van der Waals surface area contributed by atoms with E-state index in [2.05, 4.69) is 48.7 Å². The van der Waals surface area contributed by atoms with Gasteiger partial charge in [0.25, 0.3) is 0 Å². The summed E-state index contributed by atoms with van der Waals surface area (Å²) in [6, 6.07) is 16.4. The molecule has 2 amide bonds. The highest BCUT2D eigenvalue weighted by molar-refractivity contribution is 5.91. The van der Waals surface area contributed by atoms with Crippen molar-refractivity contribution in [3.63, 3.8) is 0 Å². The molecule has 0 heterocycles. The molecule has 4 heteroatoms. The van der Waals surface area contributed by atoms with Crippen molar-refractivity contribution in [3.8, 4) is 0 Å². The second-order valence-corrected chi connectivity index (χ2v) is 14.7. The smallest absolute Gasteiger partial charge is 0.224 e. The minimum Gasteiger partial charge on any atom is -0.326 e. The zero-order valence-corrected chi connectivity index (χ0v) is 31.9. The van der Waals surface area contributed by atoms with Crippen LogP contribution in [0.4, 0.5) is 11.4 Å². The summed E-state index contributed by atoms with van der Waals surface area (Å²) in [7, 11) is 0. The van der Waals surface area contributed by atoms with E-state index in [0.29, 0.717) is 12.8 Å². The van der Waals surface area contributed by atoms with E-state index in [9.17, 15) is 9.59 Å². The highest BCUT2D eigenvalue weighted by Crippen LogP contribution is 2.18. The number of rotatable bonds is 32. The van der Waals surface area contributed by atoms with Crippen molar-refractivity contribution in [1.82, 2.24) is 0 Å². The van der Waals surface area contributed by atoms with Gasteiger partial charge in [-0.2, -0.15) is 0 Å². The number of unbranched alkanes of at least 4 members (excludes halogenated alkanes) is 24. The van der Waals surface area contributed by atoms with E-state index < -0.39 is 0 Å². The van der Waals surface area contributed by atoms with Crippen molar-refractivity contribution in [1.29, 1.82) is 0 Å². The van der Waals surface area contributed by atoms with Gasteiger partial charge >= 0.3 is 0 Å². The summed E-state index contributed by atoms with van der Waals surface area (Å²) in [5.41, 5.74) is 4.14. The molecule has 0 aliphatic rings. The second-order valence-electron chi connectivity index (χ2n) is 14.7. The molecule has 2 aromatic carbocycles. The summed E-state index contributed by atoms with van der Waals surface area (Å²) >= 11 is 0. The average molecular weight is 675 g/mol. The first-order valence-corrected chi connectivity index (χ1v) is 20.9. The molecule has 0 radical (unpaired) electrons. The third kappa shape index (κ3) is 24.2. The average Bonchev–Trinajstić information content (AvgIpc) is 3.10. The second kappa shape index (κ2) is 30.2. The summed E-state index contributed by atoms with van der Waals surface area (Å²) in [5, 5.41) is 6.13. The van der Waals surface area contributed by atoms with Gasteiger partial charge in [0.2, 0.25) is 11.8 Å². The minimum atomic E-state index is 0.113. The lowest BCUT2D eigenvalue weighted by atomic mass is 10.0. The number of anilines is 2. The monoisotopic (exact) mass is 675 g/mol. The fraction of sp³-hybridized carbons (Fsp3) is 0.689. The number of hydrogen-bond acceptors (Lipinski definition) is 2. The van der Waals surface area contributed by atoms with E-state index in [1.54, 1.807) is 0 Å². The number of carbonyl (C=O) groups excluding carboxylic acids is 2. The van der Waals surface area contributed by atoms with Gasteiger partial charge < -0.3 is 10.6 Å². The fourth-order valence-electron chi connectivity index (χ4n) is 6.70. The van der Waals surface area contributed by atoms with Crippen LogP contribution in [0.1, 0.15) is 205 Å². The summed E-state index contributed by atoms with van der Waals surface area (Å²) in [5.74, 6) is 0.227. The summed E-state index contributed by atoms with van der Waals surface area (Å²) in [6.07, 6.45) is 36.2. The number of benzene rings is 2. The third-order valence-electron chi connectivity index (χ3n) is 9.90. The van der Waals surface area contributed by atoms with Gasteiger partial charge in [0, 0.05) is 24.2 Å². The predicted octanol–water partition coefficient (Wildman–Crippen LogP) is 14.1. The molecule has 0 aliphatic carbocycles. The van der Waals surface area contributed by atoms with Gasteiger partial charge in [-0.3, -0.25) is 9.59 Å².